The third kappa shape index (κ3) is 2.90. The number of amides is 1. The molecule has 0 aromatic heterocycles. The van der Waals surface area contributed by atoms with Gasteiger partial charge in [0.2, 0.25) is 5.91 Å². The van der Waals surface area contributed by atoms with Crippen molar-refractivity contribution < 1.29 is 34.1 Å². The van der Waals surface area contributed by atoms with Crippen molar-refractivity contribution in [1.29, 1.82) is 0 Å². The molecule has 4 unspecified atom stereocenters. The molecule has 6 rings (SSSR count). The molecule has 1 aromatic carbocycles. The second-order valence-corrected chi connectivity index (χ2v) is 11.2. The zero-order valence-electron chi connectivity index (χ0n) is 19.9. The van der Waals surface area contributed by atoms with E-state index in [4.69, 9.17) is 9.47 Å². The number of nitrogens with one attached hydrogen (secondary N) is 1. The number of phenols is 1. The Bertz CT molecular complexity index is 1120. The Balaban J connectivity index is 1.38. The summed E-state index contributed by atoms with van der Waals surface area (Å²) in [5.74, 6) is -2.15. The van der Waals surface area contributed by atoms with Gasteiger partial charge in [0.15, 0.2) is 11.5 Å². The number of rotatable bonds is 6. The second kappa shape index (κ2) is 7.07. The summed E-state index contributed by atoms with van der Waals surface area (Å²) in [7, 11) is 1.36. The number of carbonyl (C=O) groups is 3. The Morgan fingerprint density at radius 2 is 1.97 bits per heavy atom. The highest BCUT2D eigenvalue weighted by molar-refractivity contribution is 6.00. The lowest BCUT2D eigenvalue weighted by Crippen LogP contribution is -2.56. The van der Waals surface area contributed by atoms with Crippen molar-refractivity contribution in [3.8, 4) is 11.5 Å². The zero-order valence-corrected chi connectivity index (χ0v) is 19.9. The van der Waals surface area contributed by atoms with E-state index in [1.54, 1.807) is 6.08 Å². The first-order valence-electron chi connectivity index (χ1n) is 11.7. The summed E-state index contributed by atoms with van der Waals surface area (Å²) in [5.41, 5.74) is -1.36. The van der Waals surface area contributed by atoms with Gasteiger partial charge in [-0.1, -0.05) is 19.9 Å². The number of allylic oxidation sites excluding steroid dienone is 2. The summed E-state index contributed by atoms with van der Waals surface area (Å²) in [6.45, 7) is 6.43. The Hall–Kier alpha value is -2.87. The fraction of sp³-hybridized carbons (Fsp3) is 0.577. The maximum Gasteiger partial charge on any atom is 0.339 e. The minimum absolute atomic E-state index is 0.00669. The summed E-state index contributed by atoms with van der Waals surface area (Å²) in [5, 5.41) is 22.3. The van der Waals surface area contributed by atoms with Crippen LogP contribution in [0.2, 0.25) is 0 Å². The van der Waals surface area contributed by atoms with Gasteiger partial charge in [0.05, 0.1) is 18.8 Å². The number of benzene rings is 1. The fourth-order valence-corrected chi connectivity index (χ4v) is 7.63. The van der Waals surface area contributed by atoms with Gasteiger partial charge < -0.3 is 25.0 Å². The summed E-state index contributed by atoms with van der Waals surface area (Å²) < 4.78 is 11.7. The normalized spacial score (nSPS) is 39.2. The molecule has 2 saturated heterocycles. The van der Waals surface area contributed by atoms with Crippen LogP contribution in [0.5, 0.6) is 11.5 Å². The Morgan fingerprint density at radius 3 is 2.62 bits per heavy atom. The molecule has 2 heterocycles. The molecule has 4 bridgehead atoms. The standard InChI is InChI=1S/C26H31NO7/c1-23-11-16-21-24(2,17(28)7-10-26(21,12-23)13-25(23,3)34-16)9-8-18(29)27-19-15(33-4)6-5-14(20(19)30)22(31)32/h5-7,10,16,21,30H,8-9,11-13H2,1-4H3,(H,27,29)(H,31,32)/t16?,21?,23-,24-,25?,26?/m0/s1. The van der Waals surface area contributed by atoms with Crippen LogP contribution in [0.15, 0.2) is 24.3 Å². The summed E-state index contributed by atoms with van der Waals surface area (Å²) in [6.07, 6.45) is 6.95. The van der Waals surface area contributed by atoms with E-state index >= 15 is 0 Å². The number of aromatic hydroxyl groups is 1. The van der Waals surface area contributed by atoms with Gasteiger partial charge in [-0.25, -0.2) is 4.79 Å². The average molecular weight is 470 g/mol. The summed E-state index contributed by atoms with van der Waals surface area (Å²) in [6, 6.07) is 2.59. The Kier molecular flexibility index (Phi) is 4.76. The van der Waals surface area contributed by atoms with Gasteiger partial charge in [0.1, 0.15) is 17.0 Å². The smallest absolute Gasteiger partial charge is 0.339 e. The van der Waals surface area contributed by atoms with Crippen LogP contribution in [-0.4, -0.2) is 46.7 Å². The van der Waals surface area contributed by atoms with E-state index in [-0.39, 0.29) is 57.7 Å². The predicted molar refractivity (Wildman–Crippen MR) is 123 cm³/mol. The Labute approximate surface area is 198 Å². The van der Waals surface area contributed by atoms with Crippen molar-refractivity contribution in [3.63, 3.8) is 0 Å². The molecular weight excluding hydrogens is 438 g/mol. The van der Waals surface area contributed by atoms with E-state index in [0.29, 0.717) is 6.42 Å². The number of anilines is 1. The van der Waals surface area contributed by atoms with Crippen LogP contribution in [0.25, 0.3) is 0 Å². The topological polar surface area (TPSA) is 122 Å². The van der Waals surface area contributed by atoms with Gasteiger partial charge >= 0.3 is 5.97 Å². The van der Waals surface area contributed by atoms with Gasteiger partial charge in [-0.05, 0) is 61.6 Å². The van der Waals surface area contributed by atoms with Crippen molar-refractivity contribution in [1.82, 2.24) is 0 Å². The SMILES string of the molecule is COc1ccc(C(=O)O)c(O)c1NC(=O)CC[C@@]1(C)C(=O)C=CC23CC4(C)OC(C[C@@]4(C)C2)C31. The highest BCUT2D eigenvalue weighted by Crippen LogP contribution is 2.76. The molecule has 1 aromatic rings. The number of aromatic carboxylic acids is 1. The number of methoxy groups -OCH3 is 1. The first-order chi connectivity index (χ1) is 15.9. The fourth-order valence-electron chi connectivity index (χ4n) is 7.63. The quantitative estimate of drug-likeness (QED) is 0.540. The lowest BCUT2D eigenvalue weighted by atomic mass is 9.50. The number of carbonyl (C=O) groups excluding carboxylic acids is 2. The van der Waals surface area contributed by atoms with E-state index in [0.717, 1.165) is 19.3 Å². The van der Waals surface area contributed by atoms with Crippen LogP contribution in [0.1, 0.15) is 63.2 Å². The molecule has 34 heavy (non-hydrogen) atoms. The van der Waals surface area contributed by atoms with Crippen molar-refractivity contribution in [2.45, 2.75) is 64.6 Å². The molecule has 3 N–H and O–H groups in total. The van der Waals surface area contributed by atoms with Crippen LogP contribution < -0.4 is 10.1 Å². The van der Waals surface area contributed by atoms with E-state index < -0.39 is 23.0 Å². The molecule has 4 fully saturated rings. The number of ketones is 1. The summed E-state index contributed by atoms with van der Waals surface area (Å²) in [4.78, 5) is 37.5. The third-order valence-electron chi connectivity index (χ3n) is 9.26. The highest BCUT2D eigenvalue weighted by Gasteiger charge is 2.75. The minimum atomic E-state index is -1.32. The minimum Gasteiger partial charge on any atom is -0.505 e. The first kappa shape index (κ1) is 22.9. The maximum atomic E-state index is 13.2. The first-order valence-corrected chi connectivity index (χ1v) is 11.7. The number of ether oxygens (including phenoxy) is 2. The van der Waals surface area contributed by atoms with Crippen molar-refractivity contribution in [2.75, 3.05) is 12.4 Å². The van der Waals surface area contributed by atoms with Crippen LogP contribution in [0, 0.1) is 22.2 Å². The van der Waals surface area contributed by atoms with Gasteiger partial charge in [0, 0.05) is 17.8 Å². The van der Waals surface area contributed by atoms with Gasteiger partial charge in [-0.3, -0.25) is 9.59 Å². The van der Waals surface area contributed by atoms with Crippen molar-refractivity contribution >= 4 is 23.3 Å². The molecule has 1 amide bonds. The molecular formula is C26H31NO7. The van der Waals surface area contributed by atoms with Crippen molar-refractivity contribution in [2.24, 2.45) is 22.2 Å². The van der Waals surface area contributed by atoms with E-state index in [1.807, 2.05) is 6.92 Å². The maximum absolute atomic E-state index is 13.2. The molecule has 5 aliphatic rings. The van der Waals surface area contributed by atoms with E-state index in [9.17, 15) is 24.6 Å². The molecule has 2 aliphatic heterocycles. The van der Waals surface area contributed by atoms with Crippen LogP contribution >= 0.6 is 0 Å². The van der Waals surface area contributed by atoms with Gasteiger partial charge in [-0.15, -0.1) is 0 Å². The summed E-state index contributed by atoms with van der Waals surface area (Å²) >= 11 is 0. The molecule has 6 atom stereocenters. The lowest BCUT2D eigenvalue weighted by molar-refractivity contribution is -0.169. The number of carboxylic acid groups (broad SMARTS) is 1. The molecule has 1 spiro atoms. The average Bonchev–Trinajstić information content (AvgIpc) is 3.05. The van der Waals surface area contributed by atoms with Crippen LogP contribution in [0.4, 0.5) is 5.69 Å². The number of hydrogen-bond donors (Lipinski definition) is 3. The molecule has 3 aliphatic carbocycles. The second-order valence-electron chi connectivity index (χ2n) is 11.2. The predicted octanol–water partition coefficient (Wildman–Crippen LogP) is 3.93. The molecule has 182 valence electrons. The zero-order chi connectivity index (χ0) is 24.7. The largest absolute Gasteiger partial charge is 0.505 e. The van der Waals surface area contributed by atoms with Crippen molar-refractivity contribution in [3.05, 3.63) is 29.8 Å². The molecule has 8 nitrogen and oxygen atoms in total. The van der Waals surface area contributed by atoms with E-state index in [1.165, 1.54) is 19.2 Å². The van der Waals surface area contributed by atoms with Crippen LogP contribution in [0.3, 0.4) is 0 Å². The molecule has 2 saturated carbocycles. The third-order valence-corrected chi connectivity index (χ3v) is 9.26. The number of hydrogen-bond acceptors (Lipinski definition) is 6. The van der Waals surface area contributed by atoms with E-state index in [2.05, 4.69) is 25.2 Å². The van der Waals surface area contributed by atoms with Crippen LogP contribution in [-0.2, 0) is 14.3 Å². The molecule has 0 radical (unpaired) electrons. The molecule has 8 heteroatoms. The Morgan fingerprint density at radius 1 is 1.24 bits per heavy atom. The lowest BCUT2D eigenvalue weighted by Gasteiger charge is -2.55. The highest BCUT2D eigenvalue weighted by atomic mass is 16.5. The van der Waals surface area contributed by atoms with Gasteiger partial charge in [-0.2, -0.15) is 0 Å². The monoisotopic (exact) mass is 469 g/mol. The number of carboxylic acids is 1. The van der Waals surface area contributed by atoms with Gasteiger partial charge in [0.25, 0.3) is 0 Å².